The van der Waals surface area contributed by atoms with Gasteiger partial charge in [-0.3, -0.25) is 9.59 Å². The Bertz CT molecular complexity index is 1090. The third kappa shape index (κ3) is 5.96. The molecule has 1 aliphatic carbocycles. The van der Waals surface area contributed by atoms with Crippen LogP contribution in [0.5, 0.6) is 5.75 Å². The summed E-state index contributed by atoms with van der Waals surface area (Å²) >= 11 is 2.62. The first-order chi connectivity index (χ1) is 15.4. The molecule has 1 saturated carbocycles. The lowest BCUT2D eigenvalue weighted by atomic mass is 10.2. The molecule has 2 amide bonds. The van der Waals surface area contributed by atoms with E-state index in [1.807, 2.05) is 39.2 Å². The summed E-state index contributed by atoms with van der Waals surface area (Å²) in [5, 5.41) is 6.71. The lowest BCUT2D eigenvalue weighted by molar-refractivity contribution is -0.117. The largest absolute Gasteiger partial charge is 0.492 e. The second-order valence-electron chi connectivity index (χ2n) is 7.91. The molecule has 32 heavy (non-hydrogen) atoms. The van der Waals surface area contributed by atoms with Crippen molar-refractivity contribution in [3.05, 3.63) is 39.7 Å². The number of aryl methyl sites for hydroxylation is 1. The summed E-state index contributed by atoms with van der Waals surface area (Å²) in [5.41, 5.74) is 1.74. The average molecular weight is 472 g/mol. The second-order valence-corrected chi connectivity index (χ2v) is 10.0. The molecular formula is C22H25N5O3S2. The first-order valence-electron chi connectivity index (χ1n) is 10.3. The van der Waals surface area contributed by atoms with Crippen molar-refractivity contribution in [2.24, 2.45) is 10.9 Å². The van der Waals surface area contributed by atoms with Crippen molar-refractivity contribution in [2.45, 2.75) is 19.8 Å². The molecule has 0 unspecified atom stereocenters. The van der Waals surface area contributed by atoms with Gasteiger partial charge in [-0.2, -0.15) is 0 Å². The van der Waals surface area contributed by atoms with Crippen molar-refractivity contribution in [3.63, 3.8) is 0 Å². The van der Waals surface area contributed by atoms with Gasteiger partial charge in [0.25, 0.3) is 5.91 Å². The van der Waals surface area contributed by atoms with Crippen molar-refractivity contribution in [1.82, 2.24) is 15.2 Å². The highest BCUT2D eigenvalue weighted by Crippen LogP contribution is 2.33. The molecule has 0 atom stereocenters. The quantitative estimate of drug-likeness (QED) is 0.571. The van der Waals surface area contributed by atoms with Crippen molar-refractivity contribution in [1.29, 1.82) is 0 Å². The summed E-state index contributed by atoms with van der Waals surface area (Å²) in [7, 11) is 4.01. The number of amidine groups is 1. The SMILES string of the molecule is Cc1cc(OCCN(C)C)ccc1N=C1NC(=O)C(=Cc2cnc(NC(=O)C3CC3)s2)S1. The zero-order valence-electron chi connectivity index (χ0n) is 18.2. The molecule has 2 heterocycles. The number of carbonyl (C=O) groups excluding carboxylic acids is 2. The molecule has 1 aliphatic heterocycles. The van der Waals surface area contributed by atoms with E-state index in [1.54, 1.807) is 12.3 Å². The van der Waals surface area contributed by atoms with Gasteiger partial charge in [0.2, 0.25) is 5.91 Å². The van der Waals surface area contributed by atoms with Crippen molar-refractivity contribution in [3.8, 4) is 5.75 Å². The predicted octanol–water partition coefficient (Wildman–Crippen LogP) is 3.63. The van der Waals surface area contributed by atoms with Gasteiger partial charge in [-0.15, -0.1) is 0 Å². The van der Waals surface area contributed by atoms with Crippen LogP contribution in [0.2, 0.25) is 0 Å². The number of thiazole rings is 1. The van der Waals surface area contributed by atoms with Crippen LogP contribution >= 0.6 is 23.1 Å². The Balaban J connectivity index is 1.39. The highest BCUT2D eigenvalue weighted by atomic mass is 32.2. The van der Waals surface area contributed by atoms with E-state index in [9.17, 15) is 9.59 Å². The zero-order valence-corrected chi connectivity index (χ0v) is 19.8. The van der Waals surface area contributed by atoms with E-state index in [4.69, 9.17) is 4.74 Å². The molecule has 0 spiro atoms. The van der Waals surface area contributed by atoms with Gasteiger partial charge in [0, 0.05) is 18.7 Å². The van der Waals surface area contributed by atoms with Crippen LogP contribution in [0.25, 0.3) is 6.08 Å². The van der Waals surface area contributed by atoms with Gasteiger partial charge < -0.3 is 20.3 Å². The van der Waals surface area contributed by atoms with Crippen LogP contribution < -0.4 is 15.4 Å². The van der Waals surface area contributed by atoms with Crippen LogP contribution in [0.15, 0.2) is 34.3 Å². The number of aliphatic imine (C=N–C) groups is 1. The minimum Gasteiger partial charge on any atom is -0.492 e. The van der Waals surface area contributed by atoms with Crippen LogP contribution in [0.1, 0.15) is 23.3 Å². The Morgan fingerprint density at radius 3 is 2.94 bits per heavy atom. The zero-order chi connectivity index (χ0) is 22.7. The fraction of sp³-hybridized carbons (Fsp3) is 0.364. The maximum absolute atomic E-state index is 12.4. The molecular weight excluding hydrogens is 446 g/mol. The normalized spacial score (nSPS) is 18.4. The summed E-state index contributed by atoms with van der Waals surface area (Å²) in [4.78, 5) is 36.5. The first kappa shape index (κ1) is 22.5. The standard InChI is InChI=1S/C22H25N5O3S2/c1-13-10-15(30-9-8-27(2)3)6-7-17(13)24-22-26-20(29)18(32-22)11-16-12-23-21(31-16)25-19(28)14-4-5-14/h6-7,10-12,14H,4-5,8-9H2,1-3H3,(H,23,25,28)(H,24,26,29). The Kier molecular flexibility index (Phi) is 6.92. The van der Waals surface area contributed by atoms with E-state index in [1.165, 1.54) is 23.1 Å². The monoisotopic (exact) mass is 471 g/mol. The number of ether oxygens (including phenoxy) is 1. The van der Waals surface area contributed by atoms with E-state index >= 15 is 0 Å². The summed E-state index contributed by atoms with van der Waals surface area (Å²) in [6, 6.07) is 5.72. The lowest BCUT2D eigenvalue weighted by Crippen LogP contribution is -2.19. The molecule has 4 rings (SSSR count). The van der Waals surface area contributed by atoms with Gasteiger partial charge in [0.05, 0.1) is 15.5 Å². The van der Waals surface area contributed by atoms with Gasteiger partial charge >= 0.3 is 0 Å². The number of nitrogens with zero attached hydrogens (tertiary/aromatic N) is 3. The third-order valence-electron chi connectivity index (χ3n) is 4.82. The minimum atomic E-state index is -0.202. The number of nitrogens with one attached hydrogen (secondary N) is 2. The van der Waals surface area contributed by atoms with E-state index in [-0.39, 0.29) is 17.7 Å². The van der Waals surface area contributed by atoms with E-state index in [0.29, 0.717) is 21.8 Å². The number of carbonyl (C=O) groups is 2. The van der Waals surface area contributed by atoms with E-state index < -0.39 is 0 Å². The number of rotatable bonds is 8. The summed E-state index contributed by atoms with van der Waals surface area (Å²) in [5.74, 6) is 0.738. The Morgan fingerprint density at radius 1 is 1.41 bits per heavy atom. The molecule has 1 saturated heterocycles. The smallest absolute Gasteiger partial charge is 0.264 e. The number of thioether (sulfide) groups is 1. The molecule has 168 valence electrons. The van der Waals surface area contributed by atoms with Crippen LogP contribution in [-0.2, 0) is 9.59 Å². The molecule has 0 bridgehead atoms. The van der Waals surface area contributed by atoms with Crippen LogP contribution in [-0.4, -0.2) is 54.1 Å². The van der Waals surface area contributed by atoms with E-state index in [0.717, 1.165) is 41.3 Å². The molecule has 10 heteroatoms. The number of likely N-dealkylation sites (N-methyl/N-ethyl adjacent to an activating group) is 1. The van der Waals surface area contributed by atoms with Gasteiger partial charge in [0.15, 0.2) is 10.3 Å². The summed E-state index contributed by atoms with van der Waals surface area (Å²) in [6.45, 7) is 3.42. The highest BCUT2D eigenvalue weighted by Gasteiger charge is 2.30. The third-order valence-corrected chi connectivity index (χ3v) is 6.59. The van der Waals surface area contributed by atoms with Crippen LogP contribution in [0.4, 0.5) is 10.8 Å². The molecule has 2 fully saturated rings. The molecule has 1 aromatic heterocycles. The number of hydrogen-bond donors (Lipinski definition) is 2. The molecule has 1 aromatic carbocycles. The summed E-state index contributed by atoms with van der Waals surface area (Å²) < 4.78 is 5.76. The predicted molar refractivity (Wildman–Crippen MR) is 130 cm³/mol. The van der Waals surface area contributed by atoms with Gasteiger partial charge in [0.1, 0.15) is 12.4 Å². The highest BCUT2D eigenvalue weighted by molar-refractivity contribution is 8.18. The lowest BCUT2D eigenvalue weighted by Gasteiger charge is -2.12. The fourth-order valence-electron chi connectivity index (χ4n) is 2.87. The maximum atomic E-state index is 12.4. The van der Waals surface area contributed by atoms with E-state index in [2.05, 4.69) is 25.5 Å². The first-order valence-corrected chi connectivity index (χ1v) is 11.9. The Labute approximate surface area is 195 Å². The van der Waals surface area contributed by atoms with Gasteiger partial charge in [-0.05, 0) is 75.5 Å². The number of amides is 2. The molecule has 2 aromatic rings. The van der Waals surface area contributed by atoms with Crippen molar-refractivity contribution >= 4 is 57.0 Å². The van der Waals surface area contributed by atoms with Gasteiger partial charge in [-0.25, -0.2) is 9.98 Å². The molecule has 2 aliphatic rings. The number of hydrogen-bond acceptors (Lipinski definition) is 8. The van der Waals surface area contributed by atoms with Crippen molar-refractivity contribution < 1.29 is 14.3 Å². The van der Waals surface area contributed by atoms with Gasteiger partial charge in [-0.1, -0.05) is 11.3 Å². The maximum Gasteiger partial charge on any atom is 0.264 e. The minimum absolute atomic E-state index is 0.0189. The average Bonchev–Trinajstić information content (AvgIpc) is 3.42. The van der Waals surface area contributed by atoms with Crippen LogP contribution in [0, 0.1) is 12.8 Å². The van der Waals surface area contributed by atoms with Crippen molar-refractivity contribution in [2.75, 3.05) is 32.6 Å². The molecule has 0 radical (unpaired) electrons. The Morgan fingerprint density at radius 2 is 2.22 bits per heavy atom. The number of aromatic nitrogens is 1. The Hall–Kier alpha value is -2.69. The number of benzene rings is 1. The molecule has 8 nitrogen and oxygen atoms in total. The molecule has 2 N–H and O–H groups in total. The summed E-state index contributed by atoms with van der Waals surface area (Å²) in [6.07, 6.45) is 5.31. The fourth-order valence-corrected chi connectivity index (χ4v) is 4.54. The topological polar surface area (TPSA) is 95.9 Å². The second kappa shape index (κ2) is 9.85. The number of anilines is 1. The van der Waals surface area contributed by atoms with Crippen LogP contribution in [0.3, 0.4) is 0 Å².